The molecule has 1 rings (SSSR count). The third-order valence-corrected chi connectivity index (χ3v) is 1.99. The minimum atomic E-state index is -4.78. The fourth-order valence-corrected chi connectivity index (χ4v) is 1.24. The van der Waals surface area contributed by atoms with Gasteiger partial charge in [-0.15, -0.1) is 19.6 Å². The van der Waals surface area contributed by atoms with Gasteiger partial charge in [0, 0.05) is 12.1 Å². The number of amides is 2. The maximum atomic E-state index is 12.1. The molecule has 0 saturated heterocycles. The van der Waals surface area contributed by atoms with Crippen LogP contribution < -0.4 is 15.4 Å². The summed E-state index contributed by atoms with van der Waals surface area (Å²) < 4.78 is 40.3. The van der Waals surface area contributed by atoms with Crippen LogP contribution in [0.1, 0.15) is 5.56 Å². The Bertz CT molecular complexity index is 481. The molecule has 4 nitrogen and oxygen atoms in total. The second kappa shape index (κ2) is 6.54. The van der Waals surface area contributed by atoms with Crippen molar-refractivity contribution in [2.24, 2.45) is 0 Å². The highest BCUT2D eigenvalue weighted by Crippen LogP contribution is 2.25. The van der Waals surface area contributed by atoms with Crippen LogP contribution in [0.5, 0.6) is 5.75 Å². The van der Waals surface area contributed by atoms with Gasteiger partial charge in [-0.1, -0.05) is 24.1 Å². The smallest absolute Gasteiger partial charge is 0.405 e. The number of alkyl halides is 3. The number of carbonyl (C=O) groups is 1. The van der Waals surface area contributed by atoms with Gasteiger partial charge in [0.15, 0.2) is 0 Å². The van der Waals surface area contributed by atoms with E-state index in [2.05, 4.69) is 21.3 Å². The van der Waals surface area contributed by atoms with Crippen molar-refractivity contribution >= 4 is 6.03 Å². The van der Waals surface area contributed by atoms with Gasteiger partial charge in [-0.3, -0.25) is 0 Å². The zero-order chi connectivity index (χ0) is 14.3. The Labute approximate surface area is 107 Å². The van der Waals surface area contributed by atoms with Gasteiger partial charge in [-0.2, -0.15) is 0 Å². The molecule has 0 bridgehead atoms. The summed E-state index contributed by atoms with van der Waals surface area (Å²) in [6.07, 6.45) is 0.164. The first-order chi connectivity index (χ1) is 8.92. The second-order valence-electron chi connectivity index (χ2n) is 3.40. The molecule has 102 valence electrons. The quantitative estimate of drug-likeness (QED) is 0.824. The van der Waals surface area contributed by atoms with Crippen LogP contribution in [-0.4, -0.2) is 18.9 Å². The molecule has 0 aliphatic rings. The Balaban J connectivity index is 2.63. The van der Waals surface area contributed by atoms with Gasteiger partial charge >= 0.3 is 12.4 Å². The maximum Gasteiger partial charge on any atom is 0.573 e. The second-order valence-corrected chi connectivity index (χ2v) is 3.40. The predicted molar refractivity (Wildman–Crippen MR) is 62.2 cm³/mol. The van der Waals surface area contributed by atoms with Crippen molar-refractivity contribution in [3.63, 3.8) is 0 Å². The number of terminal acetylenes is 1. The standard InChI is InChI=1S/C12H11F3N2O2/c1-2-7-16-11(18)17-8-9-5-3-4-6-10(9)19-12(13,14)15/h1,3-6H,7-8H2,(H2,16,17,18). The first-order valence-electron chi connectivity index (χ1n) is 5.21. The average molecular weight is 272 g/mol. The Hall–Kier alpha value is -2.36. The number of hydrogen-bond donors (Lipinski definition) is 2. The Morgan fingerprint density at radius 2 is 2.00 bits per heavy atom. The van der Waals surface area contributed by atoms with E-state index in [9.17, 15) is 18.0 Å². The fourth-order valence-electron chi connectivity index (χ4n) is 1.24. The largest absolute Gasteiger partial charge is 0.573 e. The highest BCUT2D eigenvalue weighted by Gasteiger charge is 2.31. The van der Waals surface area contributed by atoms with E-state index >= 15 is 0 Å². The van der Waals surface area contributed by atoms with Gasteiger partial charge in [0.25, 0.3) is 0 Å². The van der Waals surface area contributed by atoms with Gasteiger partial charge in [-0.25, -0.2) is 4.79 Å². The molecule has 0 unspecified atom stereocenters. The number of rotatable bonds is 4. The molecular formula is C12H11F3N2O2. The molecular weight excluding hydrogens is 261 g/mol. The third-order valence-electron chi connectivity index (χ3n) is 1.99. The maximum absolute atomic E-state index is 12.1. The van der Waals surface area contributed by atoms with Gasteiger partial charge < -0.3 is 15.4 Å². The van der Waals surface area contributed by atoms with Gasteiger partial charge in [-0.05, 0) is 6.07 Å². The Morgan fingerprint density at radius 1 is 1.32 bits per heavy atom. The number of hydrogen-bond acceptors (Lipinski definition) is 2. The minimum absolute atomic E-state index is 0.0343. The van der Waals surface area contributed by atoms with E-state index < -0.39 is 12.4 Å². The summed E-state index contributed by atoms with van der Waals surface area (Å²) >= 11 is 0. The molecule has 0 spiro atoms. The van der Waals surface area contributed by atoms with Crippen LogP contribution in [0.2, 0.25) is 0 Å². The van der Waals surface area contributed by atoms with Crippen LogP contribution in [-0.2, 0) is 6.54 Å². The average Bonchev–Trinajstić information content (AvgIpc) is 2.33. The molecule has 0 atom stereocenters. The van der Waals surface area contributed by atoms with Crippen LogP contribution in [0.3, 0.4) is 0 Å². The van der Waals surface area contributed by atoms with Crippen molar-refractivity contribution < 1.29 is 22.7 Å². The van der Waals surface area contributed by atoms with E-state index in [1.54, 1.807) is 6.07 Å². The molecule has 0 aliphatic heterocycles. The molecule has 2 N–H and O–H groups in total. The van der Waals surface area contributed by atoms with E-state index in [4.69, 9.17) is 6.42 Å². The summed E-state index contributed by atoms with van der Waals surface area (Å²) in [5, 5.41) is 4.69. The summed E-state index contributed by atoms with van der Waals surface area (Å²) in [7, 11) is 0. The highest BCUT2D eigenvalue weighted by molar-refractivity contribution is 5.74. The van der Waals surface area contributed by atoms with Crippen LogP contribution in [0.4, 0.5) is 18.0 Å². The van der Waals surface area contributed by atoms with Crippen molar-refractivity contribution in [3.05, 3.63) is 29.8 Å². The molecule has 19 heavy (non-hydrogen) atoms. The van der Waals surface area contributed by atoms with Crippen LogP contribution >= 0.6 is 0 Å². The van der Waals surface area contributed by atoms with Gasteiger partial charge in [0.05, 0.1) is 6.54 Å². The lowest BCUT2D eigenvalue weighted by molar-refractivity contribution is -0.274. The molecule has 7 heteroatoms. The van der Waals surface area contributed by atoms with Crippen LogP contribution in [0.15, 0.2) is 24.3 Å². The molecule has 0 radical (unpaired) electrons. The molecule has 0 saturated carbocycles. The lowest BCUT2D eigenvalue weighted by atomic mass is 10.2. The van der Waals surface area contributed by atoms with Gasteiger partial charge in [0.1, 0.15) is 5.75 Å². The SMILES string of the molecule is C#CCNC(=O)NCc1ccccc1OC(F)(F)F. The van der Waals surface area contributed by atoms with E-state index in [0.29, 0.717) is 0 Å². The summed E-state index contributed by atoms with van der Waals surface area (Å²) in [5.41, 5.74) is 0.204. The zero-order valence-corrected chi connectivity index (χ0v) is 9.75. The number of benzene rings is 1. The molecule has 2 amide bonds. The topological polar surface area (TPSA) is 50.4 Å². The number of nitrogens with one attached hydrogen (secondary N) is 2. The summed E-state index contributed by atoms with van der Waals surface area (Å²) in [5.74, 6) is 1.84. The van der Waals surface area contributed by atoms with Crippen LogP contribution in [0.25, 0.3) is 0 Å². The molecule has 0 aromatic heterocycles. The summed E-state index contributed by atoms with van der Waals surface area (Å²) in [6.45, 7) is -0.0742. The predicted octanol–water partition coefficient (Wildman–Crippen LogP) is 2.02. The normalized spacial score (nSPS) is 10.4. The first-order valence-corrected chi connectivity index (χ1v) is 5.21. The first kappa shape index (κ1) is 14.7. The van der Waals surface area contributed by atoms with E-state index in [1.165, 1.54) is 18.2 Å². The molecule has 1 aromatic rings. The highest BCUT2D eigenvalue weighted by atomic mass is 19.4. The number of halogens is 3. The summed E-state index contributed by atoms with van der Waals surface area (Å²) in [4.78, 5) is 11.2. The number of urea groups is 1. The van der Waals surface area contributed by atoms with Gasteiger partial charge in [0.2, 0.25) is 0 Å². The molecule has 0 heterocycles. The number of ether oxygens (including phenoxy) is 1. The van der Waals surface area contributed by atoms with E-state index in [0.717, 1.165) is 0 Å². The zero-order valence-electron chi connectivity index (χ0n) is 9.75. The number of para-hydroxylation sites is 1. The lowest BCUT2D eigenvalue weighted by Gasteiger charge is -2.13. The van der Waals surface area contributed by atoms with Crippen molar-refractivity contribution in [3.8, 4) is 18.1 Å². The molecule has 1 aromatic carbocycles. The van der Waals surface area contributed by atoms with Crippen molar-refractivity contribution in [2.75, 3.05) is 6.54 Å². The van der Waals surface area contributed by atoms with Crippen LogP contribution in [0, 0.1) is 12.3 Å². The summed E-state index contributed by atoms with van der Waals surface area (Å²) in [6, 6.07) is 4.97. The Morgan fingerprint density at radius 3 is 2.63 bits per heavy atom. The van der Waals surface area contributed by atoms with Crippen molar-refractivity contribution in [2.45, 2.75) is 12.9 Å². The molecule has 0 fully saturated rings. The Kier molecular flexibility index (Phi) is 5.06. The minimum Gasteiger partial charge on any atom is -0.405 e. The lowest BCUT2D eigenvalue weighted by Crippen LogP contribution is -2.35. The van der Waals surface area contributed by atoms with Crippen molar-refractivity contribution in [1.29, 1.82) is 0 Å². The third kappa shape index (κ3) is 5.68. The number of carbonyl (C=O) groups excluding carboxylic acids is 1. The fraction of sp³-hybridized carbons (Fsp3) is 0.250. The monoisotopic (exact) mass is 272 g/mol. The van der Waals surface area contributed by atoms with Crippen molar-refractivity contribution in [1.82, 2.24) is 10.6 Å². The molecule has 0 aliphatic carbocycles. The van der Waals surface area contributed by atoms with E-state index in [-0.39, 0.29) is 24.4 Å². The van der Waals surface area contributed by atoms with E-state index in [1.807, 2.05) is 0 Å².